The quantitative estimate of drug-likeness (QED) is 0.835. The van der Waals surface area contributed by atoms with E-state index in [1.807, 2.05) is 32.1 Å². The predicted molar refractivity (Wildman–Crippen MR) is 90.7 cm³/mol. The van der Waals surface area contributed by atoms with Crippen molar-refractivity contribution < 1.29 is 13.7 Å². The summed E-state index contributed by atoms with van der Waals surface area (Å²) in [7, 11) is 1.67. The molecule has 0 atom stereocenters. The van der Waals surface area contributed by atoms with Crippen molar-refractivity contribution in [3.05, 3.63) is 70.7 Å². The standard InChI is InChI=1S/C19H21FN2O2/c1-13-19(14(2)24-21-13)16-6-9-18(23-3)22(12-16)11-10-15-4-7-17(20)8-5-15/h4-9H,10-12H2,1-3H3. The molecule has 0 bridgehead atoms. The van der Waals surface area contributed by atoms with Gasteiger partial charge in [0.15, 0.2) is 5.88 Å². The molecule has 0 unspecified atom stereocenters. The second-order valence-corrected chi connectivity index (χ2v) is 5.90. The first-order valence-electron chi connectivity index (χ1n) is 7.96. The highest BCUT2D eigenvalue weighted by Gasteiger charge is 2.21. The second kappa shape index (κ2) is 6.91. The van der Waals surface area contributed by atoms with E-state index in [9.17, 15) is 4.39 Å². The molecule has 0 aliphatic carbocycles. The number of rotatable bonds is 5. The van der Waals surface area contributed by atoms with Crippen LogP contribution in [0.15, 0.2) is 46.8 Å². The minimum absolute atomic E-state index is 0.210. The van der Waals surface area contributed by atoms with Crippen molar-refractivity contribution in [2.24, 2.45) is 0 Å². The third-order valence-electron chi connectivity index (χ3n) is 4.25. The SMILES string of the molecule is COC1=CC=C(c2c(C)noc2C)CN1CCc1ccc(F)cc1. The molecule has 0 spiro atoms. The Morgan fingerprint density at radius 3 is 2.58 bits per heavy atom. The Kier molecular flexibility index (Phi) is 4.69. The minimum Gasteiger partial charge on any atom is -0.482 e. The molecule has 0 amide bonds. The lowest BCUT2D eigenvalue weighted by molar-refractivity contribution is 0.163. The third kappa shape index (κ3) is 3.35. The first kappa shape index (κ1) is 16.3. The molecule has 1 aromatic heterocycles. The van der Waals surface area contributed by atoms with Crippen molar-refractivity contribution in [2.45, 2.75) is 20.3 Å². The lowest BCUT2D eigenvalue weighted by atomic mass is 10.0. The molecule has 2 aromatic rings. The zero-order chi connectivity index (χ0) is 17.1. The van der Waals surface area contributed by atoms with Crippen molar-refractivity contribution >= 4 is 5.57 Å². The van der Waals surface area contributed by atoms with Crippen LogP contribution in [0.25, 0.3) is 5.57 Å². The van der Waals surface area contributed by atoms with E-state index in [1.165, 1.54) is 12.1 Å². The van der Waals surface area contributed by atoms with Crippen LogP contribution in [-0.2, 0) is 11.2 Å². The van der Waals surface area contributed by atoms with E-state index in [4.69, 9.17) is 9.26 Å². The fraction of sp³-hybridized carbons (Fsp3) is 0.316. The number of methoxy groups -OCH3 is 1. The summed E-state index contributed by atoms with van der Waals surface area (Å²) < 4.78 is 23.8. The Labute approximate surface area is 141 Å². The van der Waals surface area contributed by atoms with E-state index in [-0.39, 0.29) is 5.82 Å². The maximum Gasteiger partial charge on any atom is 0.189 e. The molecule has 0 saturated heterocycles. The molecule has 2 heterocycles. The average Bonchev–Trinajstić information content (AvgIpc) is 2.93. The molecule has 5 heteroatoms. The molecular weight excluding hydrogens is 307 g/mol. The lowest BCUT2D eigenvalue weighted by Crippen LogP contribution is -2.30. The van der Waals surface area contributed by atoms with Crippen LogP contribution < -0.4 is 0 Å². The molecule has 0 fully saturated rings. The van der Waals surface area contributed by atoms with E-state index in [1.54, 1.807) is 7.11 Å². The van der Waals surface area contributed by atoms with Crippen LogP contribution >= 0.6 is 0 Å². The maximum absolute atomic E-state index is 13.0. The van der Waals surface area contributed by atoms with Crippen LogP contribution in [0.3, 0.4) is 0 Å². The topological polar surface area (TPSA) is 38.5 Å². The van der Waals surface area contributed by atoms with Gasteiger partial charge < -0.3 is 14.2 Å². The molecule has 4 nitrogen and oxygen atoms in total. The number of allylic oxidation sites excluding steroid dienone is 2. The van der Waals surface area contributed by atoms with Gasteiger partial charge in [-0.2, -0.15) is 0 Å². The molecule has 0 saturated carbocycles. The molecule has 1 aromatic carbocycles. The molecule has 0 radical (unpaired) electrons. The van der Waals surface area contributed by atoms with Crippen LogP contribution in [0, 0.1) is 19.7 Å². The number of hydrogen-bond acceptors (Lipinski definition) is 4. The van der Waals surface area contributed by atoms with E-state index < -0.39 is 0 Å². The van der Waals surface area contributed by atoms with Gasteiger partial charge >= 0.3 is 0 Å². The van der Waals surface area contributed by atoms with Crippen molar-refractivity contribution in [3.8, 4) is 0 Å². The number of halogens is 1. The summed E-state index contributed by atoms with van der Waals surface area (Å²) in [5.41, 5.74) is 4.21. The largest absolute Gasteiger partial charge is 0.482 e. The van der Waals surface area contributed by atoms with Crippen LogP contribution in [0.5, 0.6) is 0 Å². The molecule has 24 heavy (non-hydrogen) atoms. The van der Waals surface area contributed by atoms with Gasteiger partial charge in [-0.3, -0.25) is 0 Å². The normalized spacial score (nSPS) is 14.4. The van der Waals surface area contributed by atoms with Crippen molar-refractivity contribution in [2.75, 3.05) is 20.2 Å². The molecule has 0 N–H and O–H groups in total. The van der Waals surface area contributed by atoms with E-state index in [2.05, 4.69) is 16.1 Å². The monoisotopic (exact) mass is 328 g/mol. The summed E-state index contributed by atoms with van der Waals surface area (Å²) in [4.78, 5) is 2.17. The zero-order valence-electron chi connectivity index (χ0n) is 14.2. The Morgan fingerprint density at radius 1 is 1.21 bits per heavy atom. The molecule has 3 rings (SSSR count). The zero-order valence-corrected chi connectivity index (χ0v) is 14.2. The lowest BCUT2D eigenvalue weighted by Gasteiger charge is -2.29. The molecule has 126 valence electrons. The van der Waals surface area contributed by atoms with Crippen LogP contribution in [0.1, 0.15) is 22.6 Å². The highest BCUT2D eigenvalue weighted by Crippen LogP contribution is 2.28. The van der Waals surface area contributed by atoms with Crippen molar-refractivity contribution in [1.82, 2.24) is 10.1 Å². The van der Waals surface area contributed by atoms with Crippen LogP contribution in [-0.4, -0.2) is 30.3 Å². The summed E-state index contributed by atoms with van der Waals surface area (Å²) in [5.74, 6) is 1.44. The fourth-order valence-corrected chi connectivity index (χ4v) is 3.02. The van der Waals surface area contributed by atoms with Gasteiger partial charge in [-0.15, -0.1) is 0 Å². The van der Waals surface area contributed by atoms with E-state index >= 15 is 0 Å². The van der Waals surface area contributed by atoms with Gasteiger partial charge in [-0.05, 0) is 49.6 Å². The number of ether oxygens (including phenoxy) is 1. The van der Waals surface area contributed by atoms with Gasteiger partial charge in [0.25, 0.3) is 0 Å². The van der Waals surface area contributed by atoms with Crippen LogP contribution in [0.4, 0.5) is 4.39 Å². The fourth-order valence-electron chi connectivity index (χ4n) is 3.02. The number of benzene rings is 1. The number of hydrogen-bond donors (Lipinski definition) is 0. The Morgan fingerprint density at radius 2 is 1.96 bits per heavy atom. The Hall–Kier alpha value is -2.56. The molecular formula is C19H21FN2O2. The highest BCUT2D eigenvalue weighted by atomic mass is 19.1. The van der Waals surface area contributed by atoms with Crippen LogP contribution in [0.2, 0.25) is 0 Å². The minimum atomic E-state index is -0.210. The number of aromatic nitrogens is 1. The van der Waals surface area contributed by atoms with E-state index in [0.29, 0.717) is 0 Å². The van der Waals surface area contributed by atoms with Gasteiger partial charge in [-0.1, -0.05) is 23.4 Å². The van der Waals surface area contributed by atoms with E-state index in [0.717, 1.165) is 53.5 Å². The Balaban J connectivity index is 1.75. The van der Waals surface area contributed by atoms with Gasteiger partial charge in [0.05, 0.1) is 12.8 Å². The summed E-state index contributed by atoms with van der Waals surface area (Å²) >= 11 is 0. The second-order valence-electron chi connectivity index (χ2n) is 5.90. The number of nitrogens with zero attached hydrogens (tertiary/aromatic N) is 2. The Bertz CT molecular complexity index is 756. The van der Waals surface area contributed by atoms with Gasteiger partial charge in [-0.25, -0.2) is 4.39 Å². The maximum atomic E-state index is 13.0. The number of aryl methyl sites for hydroxylation is 2. The predicted octanol–water partition coefficient (Wildman–Crippen LogP) is 3.86. The summed E-state index contributed by atoms with van der Waals surface area (Å²) in [5, 5.41) is 4.04. The first-order chi connectivity index (χ1) is 11.6. The van der Waals surface area contributed by atoms with Gasteiger partial charge in [0.1, 0.15) is 11.6 Å². The smallest absolute Gasteiger partial charge is 0.189 e. The van der Waals surface area contributed by atoms with Crippen molar-refractivity contribution in [1.29, 1.82) is 0 Å². The van der Waals surface area contributed by atoms with Crippen molar-refractivity contribution in [3.63, 3.8) is 0 Å². The molecule has 1 aliphatic heterocycles. The van der Waals surface area contributed by atoms with Gasteiger partial charge in [0.2, 0.25) is 0 Å². The third-order valence-corrected chi connectivity index (χ3v) is 4.25. The van der Waals surface area contributed by atoms with Gasteiger partial charge in [0, 0.05) is 18.7 Å². The summed E-state index contributed by atoms with van der Waals surface area (Å²) in [6.45, 7) is 5.38. The summed E-state index contributed by atoms with van der Waals surface area (Å²) in [6, 6.07) is 6.63. The summed E-state index contributed by atoms with van der Waals surface area (Å²) in [6.07, 6.45) is 4.84. The first-order valence-corrected chi connectivity index (χ1v) is 7.96. The average molecular weight is 328 g/mol. The molecule has 1 aliphatic rings. The highest BCUT2D eigenvalue weighted by molar-refractivity contribution is 5.72.